The summed E-state index contributed by atoms with van der Waals surface area (Å²) in [5, 5.41) is 5.12. The number of ether oxygens (including phenoxy) is 1. The summed E-state index contributed by atoms with van der Waals surface area (Å²) in [6, 6.07) is 4.51. The van der Waals surface area contributed by atoms with Crippen LogP contribution >= 0.6 is 23.1 Å². The summed E-state index contributed by atoms with van der Waals surface area (Å²) in [6.45, 7) is 8.97. The Balaban J connectivity index is 1.62. The fourth-order valence-electron chi connectivity index (χ4n) is 2.66. The van der Waals surface area contributed by atoms with Crippen LogP contribution < -0.4 is 5.32 Å². The second kappa shape index (κ2) is 8.91. The Hall–Kier alpha value is -0.560. The van der Waals surface area contributed by atoms with Gasteiger partial charge in [0.15, 0.2) is 0 Å². The normalized spacial score (nSPS) is 24.1. The molecule has 0 spiro atoms. The van der Waals surface area contributed by atoms with Crippen LogP contribution in [0.1, 0.15) is 25.6 Å². The second-order valence-corrected chi connectivity index (χ2v) is 7.95. The fourth-order valence-corrected chi connectivity index (χ4v) is 4.36. The number of carbonyl (C=O) groups is 1. The van der Waals surface area contributed by atoms with Crippen molar-refractivity contribution in [3.63, 3.8) is 0 Å². The van der Waals surface area contributed by atoms with Crippen molar-refractivity contribution >= 4 is 29.0 Å². The highest BCUT2D eigenvalue weighted by molar-refractivity contribution is 7.99. The third kappa shape index (κ3) is 5.91. The summed E-state index contributed by atoms with van der Waals surface area (Å²) in [5.74, 6) is 1.57. The van der Waals surface area contributed by atoms with Crippen molar-refractivity contribution in [1.29, 1.82) is 0 Å². The summed E-state index contributed by atoms with van der Waals surface area (Å²) >= 11 is 3.41. The molecule has 1 fully saturated rings. The van der Waals surface area contributed by atoms with Crippen LogP contribution in [0.25, 0.3) is 0 Å². The van der Waals surface area contributed by atoms with Crippen LogP contribution in [-0.4, -0.2) is 54.4 Å². The molecule has 3 atom stereocenters. The van der Waals surface area contributed by atoms with Crippen molar-refractivity contribution in [2.75, 3.05) is 25.4 Å². The van der Waals surface area contributed by atoms with E-state index in [2.05, 4.69) is 42.4 Å². The lowest BCUT2D eigenvalue weighted by Crippen LogP contribution is -2.52. The SMILES string of the molecule is CC1CN(C(C)CNC(=O)CSCc2cccs2)CC(C)O1. The van der Waals surface area contributed by atoms with E-state index in [1.165, 1.54) is 4.88 Å². The zero-order valence-corrected chi connectivity index (χ0v) is 15.2. The quantitative estimate of drug-likeness (QED) is 0.827. The minimum Gasteiger partial charge on any atom is -0.373 e. The Kier molecular flexibility index (Phi) is 7.21. The molecule has 2 heterocycles. The maximum atomic E-state index is 11.9. The van der Waals surface area contributed by atoms with E-state index in [-0.39, 0.29) is 18.1 Å². The number of hydrogen-bond donors (Lipinski definition) is 1. The molecule has 0 saturated carbocycles. The largest absolute Gasteiger partial charge is 0.373 e. The van der Waals surface area contributed by atoms with Gasteiger partial charge in [0.05, 0.1) is 18.0 Å². The molecule has 124 valence electrons. The average Bonchev–Trinajstić information content (AvgIpc) is 2.97. The first-order valence-corrected chi connectivity index (χ1v) is 9.84. The third-order valence-electron chi connectivity index (χ3n) is 3.72. The Morgan fingerprint density at radius 1 is 1.50 bits per heavy atom. The van der Waals surface area contributed by atoms with Crippen LogP contribution in [-0.2, 0) is 15.3 Å². The number of thiophene rings is 1. The third-order valence-corrected chi connectivity index (χ3v) is 5.76. The van der Waals surface area contributed by atoms with E-state index in [0.717, 1.165) is 18.8 Å². The van der Waals surface area contributed by atoms with Crippen LogP contribution in [0.5, 0.6) is 0 Å². The molecule has 1 aromatic heterocycles. The molecule has 4 nitrogen and oxygen atoms in total. The zero-order chi connectivity index (χ0) is 15.9. The lowest BCUT2D eigenvalue weighted by Gasteiger charge is -2.39. The van der Waals surface area contributed by atoms with Crippen LogP contribution in [0.2, 0.25) is 0 Å². The smallest absolute Gasteiger partial charge is 0.230 e. The highest BCUT2D eigenvalue weighted by Gasteiger charge is 2.25. The minimum absolute atomic E-state index is 0.128. The maximum absolute atomic E-state index is 11.9. The number of nitrogens with zero attached hydrogens (tertiary/aromatic N) is 1. The number of morpholine rings is 1. The van der Waals surface area contributed by atoms with Crippen LogP contribution in [0, 0.1) is 0 Å². The fraction of sp³-hybridized carbons (Fsp3) is 0.688. The molecule has 0 aliphatic carbocycles. The lowest BCUT2D eigenvalue weighted by atomic mass is 10.2. The molecule has 1 aliphatic heterocycles. The van der Waals surface area contributed by atoms with Crippen molar-refractivity contribution < 1.29 is 9.53 Å². The van der Waals surface area contributed by atoms with Crippen LogP contribution in [0.4, 0.5) is 0 Å². The number of rotatable bonds is 7. The summed E-state index contributed by atoms with van der Waals surface area (Å²) < 4.78 is 5.75. The molecule has 2 rings (SSSR count). The van der Waals surface area contributed by atoms with Crippen molar-refractivity contribution in [2.24, 2.45) is 0 Å². The molecule has 22 heavy (non-hydrogen) atoms. The number of carbonyl (C=O) groups excluding carboxylic acids is 1. The predicted octanol–water partition coefficient (Wildman–Crippen LogP) is 2.60. The van der Waals surface area contributed by atoms with Gasteiger partial charge in [-0.15, -0.1) is 23.1 Å². The summed E-state index contributed by atoms with van der Waals surface area (Å²) in [6.07, 6.45) is 0.534. The first kappa shape index (κ1) is 17.8. The van der Waals surface area contributed by atoms with E-state index in [1.807, 2.05) is 6.07 Å². The van der Waals surface area contributed by atoms with E-state index in [1.54, 1.807) is 23.1 Å². The molecule has 1 aromatic rings. The molecule has 1 aliphatic rings. The van der Waals surface area contributed by atoms with E-state index < -0.39 is 0 Å². The van der Waals surface area contributed by atoms with Crippen molar-refractivity contribution in [2.45, 2.75) is 44.8 Å². The molecule has 0 bridgehead atoms. The van der Waals surface area contributed by atoms with Crippen molar-refractivity contribution in [3.05, 3.63) is 22.4 Å². The van der Waals surface area contributed by atoms with Gasteiger partial charge >= 0.3 is 0 Å². The van der Waals surface area contributed by atoms with Gasteiger partial charge in [-0.2, -0.15) is 0 Å². The van der Waals surface area contributed by atoms with E-state index in [4.69, 9.17) is 4.74 Å². The molecule has 1 N–H and O–H groups in total. The topological polar surface area (TPSA) is 41.6 Å². The summed E-state index contributed by atoms with van der Waals surface area (Å²) in [7, 11) is 0. The van der Waals surface area contributed by atoms with Gasteiger partial charge in [-0.25, -0.2) is 0 Å². The van der Waals surface area contributed by atoms with Gasteiger partial charge in [0.1, 0.15) is 0 Å². The first-order valence-electron chi connectivity index (χ1n) is 7.81. The molecule has 1 saturated heterocycles. The van der Waals surface area contributed by atoms with E-state index in [0.29, 0.717) is 18.3 Å². The first-order chi connectivity index (χ1) is 10.5. The van der Waals surface area contributed by atoms with E-state index >= 15 is 0 Å². The summed E-state index contributed by atoms with van der Waals surface area (Å²) in [5.41, 5.74) is 0. The average molecular weight is 343 g/mol. The van der Waals surface area contributed by atoms with Crippen LogP contribution in [0.15, 0.2) is 17.5 Å². The Bertz CT molecular complexity index is 443. The second-order valence-electron chi connectivity index (χ2n) is 5.94. The molecule has 0 radical (unpaired) electrons. The number of thioether (sulfide) groups is 1. The van der Waals surface area contributed by atoms with Gasteiger partial charge in [0.2, 0.25) is 5.91 Å². The van der Waals surface area contributed by atoms with Crippen molar-refractivity contribution in [1.82, 2.24) is 10.2 Å². The summed E-state index contributed by atoms with van der Waals surface area (Å²) in [4.78, 5) is 15.6. The Labute approximate surface area is 141 Å². The lowest BCUT2D eigenvalue weighted by molar-refractivity contribution is -0.119. The Morgan fingerprint density at radius 2 is 2.23 bits per heavy atom. The molecular formula is C16H26N2O2S2. The molecule has 3 unspecified atom stereocenters. The van der Waals surface area contributed by atoms with Gasteiger partial charge in [-0.05, 0) is 32.2 Å². The predicted molar refractivity (Wildman–Crippen MR) is 94.5 cm³/mol. The van der Waals surface area contributed by atoms with E-state index in [9.17, 15) is 4.79 Å². The molecular weight excluding hydrogens is 316 g/mol. The number of amides is 1. The van der Waals surface area contributed by atoms with Crippen molar-refractivity contribution in [3.8, 4) is 0 Å². The minimum atomic E-state index is 0.128. The monoisotopic (exact) mass is 342 g/mol. The standard InChI is InChI=1S/C16H26N2O2S2/c1-12(18-8-13(2)20-14(3)9-18)7-17-16(19)11-21-10-15-5-4-6-22-15/h4-6,12-14H,7-11H2,1-3H3,(H,17,19). The van der Waals surface area contributed by atoms with Gasteiger partial charge in [-0.3, -0.25) is 9.69 Å². The van der Waals surface area contributed by atoms with Gasteiger partial charge in [-0.1, -0.05) is 6.07 Å². The van der Waals surface area contributed by atoms with Gasteiger partial charge < -0.3 is 10.1 Å². The number of nitrogens with one attached hydrogen (secondary N) is 1. The highest BCUT2D eigenvalue weighted by Crippen LogP contribution is 2.17. The van der Waals surface area contributed by atoms with Crippen LogP contribution in [0.3, 0.4) is 0 Å². The zero-order valence-electron chi connectivity index (χ0n) is 13.6. The van der Waals surface area contributed by atoms with Gasteiger partial charge in [0, 0.05) is 36.3 Å². The molecule has 1 amide bonds. The maximum Gasteiger partial charge on any atom is 0.230 e. The number of hydrogen-bond acceptors (Lipinski definition) is 5. The van der Waals surface area contributed by atoms with Gasteiger partial charge in [0.25, 0.3) is 0 Å². The molecule has 0 aromatic carbocycles. The Morgan fingerprint density at radius 3 is 2.86 bits per heavy atom. The molecule has 6 heteroatoms. The highest BCUT2D eigenvalue weighted by atomic mass is 32.2.